The molecule has 1 aliphatic heterocycles. The first kappa shape index (κ1) is 46.7. The normalized spacial score (nSPS) is 52.4. The molecule has 62 heavy (non-hydrogen) atoms. The van der Waals surface area contributed by atoms with Crippen molar-refractivity contribution in [2.24, 2.45) is 66.1 Å². The summed E-state index contributed by atoms with van der Waals surface area (Å²) in [6.07, 6.45) is 15.5. The molecule has 11 nitrogen and oxygen atoms in total. The second-order valence-electron chi connectivity index (χ2n) is 26.9. The van der Waals surface area contributed by atoms with Crippen molar-refractivity contribution in [1.82, 2.24) is 4.90 Å². The fraction of sp³-hybridized carbons (Fsp3) is 0.938. The maximum absolute atomic E-state index is 15.6. The van der Waals surface area contributed by atoms with Gasteiger partial charge in [-0.25, -0.2) is 8.78 Å². The third kappa shape index (κ3) is 7.78. The van der Waals surface area contributed by atoms with Gasteiger partial charge in [0, 0.05) is 12.0 Å². The molecule has 8 N–H and O–H groups in total. The molecule has 0 aromatic carbocycles. The molecule has 1 saturated heterocycles. The largest absolute Gasteiger partial charge is 0.480 e. The lowest BCUT2D eigenvalue weighted by Crippen LogP contribution is -2.68. The zero-order valence-corrected chi connectivity index (χ0v) is 39.0. The van der Waals surface area contributed by atoms with E-state index < -0.39 is 58.9 Å². The van der Waals surface area contributed by atoms with E-state index in [1.807, 2.05) is 6.92 Å². The van der Waals surface area contributed by atoms with Crippen LogP contribution in [-0.4, -0.2) is 98.7 Å². The van der Waals surface area contributed by atoms with Crippen LogP contribution in [0.5, 0.6) is 0 Å². The molecule has 6 unspecified atom stereocenters. The third-order valence-electron chi connectivity index (χ3n) is 19.0. The number of rotatable bonds is 7. The highest BCUT2D eigenvalue weighted by Gasteiger charge is 2.71. The number of esters is 1. The molecule has 14 heteroatoms. The van der Waals surface area contributed by atoms with Crippen LogP contribution in [0.4, 0.5) is 8.78 Å². The van der Waals surface area contributed by atoms with Gasteiger partial charge in [0.2, 0.25) is 5.91 Å². The minimum Gasteiger partial charge on any atom is -0.480 e. The van der Waals surface area contributed by atoms with E-state index in [0.29, 0.717) is 51.5 Å². The monoisotopic (exact) mass is 874 g/mol. The number of aliphatic carboxylic acids is 1. The zero-order valence-electron chi connectivity index (χ0n) is 39.0. The number of ether oxygens (including phenoxy) is 1. The molecule has 13 rings (SSSR count). The van der Waals surface area contributed by atoms with Crippen molar-refractivity contribution in [2.75, 3.05) is 13.7 Å². The maximum atomic E-state index is 15.6. The molecule has 0 aromatic rings. The van der Waals surface area contributed by atoms with Crippen LogP contribution in [0.2, 0.25) is 0 Å². The zero-order chi connectivity index (χ0) is 45.8. The maximum Gasteiger partial charge on any atom is 0.475 e. The van der Waals surface area contributed by atoms with Gasteiger partial charge < -0.3 is 41.4 Å². The first-order valence-electron chi connectivity index (χ1n) is 23.8. The molecule has 12 saturated carbocycles. The number of hydrogen-bond acceptors (Lipinski definition) is 9. The van der Waals surface area contributed by atoms with Crippen molar-refractivity contribution in [3.05, 3.63) is 0 Å². The highest BCUT2D eigenvalue weighted by atomic mass is 19.1. The van der Waals surface area contributed by atoms with E-state index in [9.17, 15) is 39.0 Å². The van der Waals surface area contributed by atoms with Crippen molar-refractivity contribution < 1.29 is 48.2 Å². The SMILES string of the molecule is CC12CC3(C)CC(F)(C1)CC([C@H](N)C(=O)N1CCC[C@H]1B(O)O)(C2)C3.CC12CC3(C)CC(F)(C1)CC([C@H](N)C(=O)O)(C2)C3.COC(=O)[C@@H](C)C12CC3(C)CC(C)(CC(O)(C3)C1)C2. The molecular formula is C48H78BF2N3O8. The van der Waals surface area contributed by atoms with Gasteiger partial charge in [0.25, 0.3) is 0 Å². The Hall–Kier alpha value is -1.87. The van der Waals surface area contributed by atoms with Gasteiger partial charge in [-0.05, 0) is 172 Å². The van der Waals surface area contributed by atoms with Gasteiger partial charge in [-0.15, -0.1) is 0 Å². The summed E-state index contributed by atoms with van der Waals surface area (Å²) in [6.45, 7) is 15.6. The highest BCUT2D eigenvalue weighted by molar-refractivity contribution is 6.43. The van der Waals surface area contributed by atoms with E-state index in [1.54, 1.807) is 0 Å². The number of alkyl halides is 2. The molecule has 13 aliphatic rings. The quantitative estimate of drug-likeness (QED) is 0.117. The van der Waals surface area contributed by atoms with Gasteiger partial charge >= 0.3 is 19.1 Å². The number of carboxylic acid groups (broad SMARTS) is 1. The Morgan fingerprint density at radius 1 is 0.629 bits per heavy atom. The summed E-state index contributed by atoms with van der Waals surface area (Å²) in [5.74, 6) is -2.01. The van der Waals surface area contributed by atoms with Crippen molar-refractivity contribution >= 4 is 25.0 Å². The average molecular weight is 874 g/mol. The number of nitrogens with zero attached hydrogens (tertiary/aromatic N) is 1. The summed E-state index contributed by atoms with van der Waals surface area (Å²) in [5, 5.41) is 39.3. The number of aliphatic hydroxyl groups is 1. The summed E-state index contributed by atoms with van der Waals surface area (Å²) in [4.78, 5) is 38.0. The highest BCUT2D eigenvalue weighted by Crippen LogP contribution is 2.75. The van der Waals surface area contributed by atoms with Gasteiger partial charge in [0.15, 0.2) is 0 Å². The van der Waals surface area contributed by atoms with Gasteiger partial charge in [-0.1, -0.05) is 48.5 Å². The predicted molar refractivity (Wildman–Crippen MR) is 231 cm³/mol. The Balaban J connectivity index is 0.000000130. The van der Waals surface area contributed by atoms with Crippen molar-refractivity contribution in [3.63, 3.8) is 0 Å². The average Bonchev–Trinajstić information content (AvgIpc) is 3.55. The first-order chi connectivity index (χ1) is 28.2. The van der Waals surface area contributed by atoms with E-state index in [-0.39, 0.29) is 55.7 Å². The van der Waals surface area contributed by atoms with E-state index in [0.717, 1.165) is 77.0 Å². The number of methoxy groups -OCH3 is 1. The van der Waals surface area contributed by atoms with E-state index in [4.69, 9.17) is 16.2 Å². The van der Waals surface area contributed by atoms with Crippen LogP contribution in [0, 0.1) is 54.7 Å². The van der Waals surface area contributed by atoms with E-state index >= 15 is 4.39 Å². The van der Waals surface area contributed by atoms with Crippen LogP contribution in [0.1, 0.15) is 177 Å². The second-order valence-corrected chi connectivity index (χ2v) is 26.9. The van der Waals surface area contributed by atoms with E-state index in [1.165, 1.54) is 18.4 Å². The number of likely N-dealkylation sites (tertiary alicyclic amines) is 1. The molecule has 350 valence electrons. The van der Waals surface area contributed by atoms with Crippen molar-refractivity contribution in [2.45, 2.75) is 212 Å². The number of carbonyl (C=O) groups excluding carboxylic acids is 2. The summed E-state index contributed by atoms with van der Waals surface area (Å²) in [7, 11) is -0.0742. The molecule has 0 aromatic heterocycles. The summed E-state index contributed by atoms with van der Waals surface area (Å²) < 4.78 is 35.5. The van der Waals surface area contributed by atoms with Crippen LogP contribution in [0.25, 0.3) is 0 Å². The second kappa shape index (κ2) is 14.1. The Labute approximate surface area is 368 Å². The number of amides is 1. The number of nitrogens with two attached hydrogens (primary N) is 2. The number of carbonyl (C=O) groups is 3. The van der Waals surface area contributed by atoms with Crippen LogP contribution in [0.3, 0.4) is 0 Å². The number of carboxylic acids is 1. The van der Waals surface area contributed by atoms with Gasteiger partial charge in [-0.2, -0.15) is 0 Å². The number of hydrogen-bond donors (Lipinski definition) is 6. The fourth-order valence-corrected chi connectivity index (χ4v) is 20.6. The summed E-state index contributed by atoms with van der Waals surface area (Å²) >= 11 is 0. The Morgan fingerprint density at radius 2 is 1.02 bits per heavy atom. The lowest BCUT2D eigenvalue weighted by atomic mass is 9.37. The molecule has 1 heterocycles. The lowest BCUT2D eigenvalue weighted by molar-refractivity contribution is -0.239. The predicted octanol–water partition coefficient (Wildman–Crippen LogP) is 6.80. The standard InChI is InChI=1S/C18H30BFN2O3.C16H26O3.C14H22FNO2/c1-15-6-16(2)8-17(7-15,11-18(20,9-15)10-16)13(21)14(23)22-5-3-4-12(22)19(24)25;1-11(12(17)19-4)15-6-13(2)5-14(3,7-15)9-16(18,8-13)10-15;1-11-3-12(2)5-13(4-11,9(16)10(17)18)8-14(15,6-11)7-12/h12-13,24-25H,3-11,21H2,1-2H3;11,18H,5-10H2,1-4H3;9H,3-8,16H2,1-2H3,(H,17,18)/t12-,13+,15?,16?,17?,18?;11-,13?,14?,15?,16?;9-,11?,12?,13?,14?/m011/s1. The van der Waals surface area contributed by atoms with E-state index in [2.05, 4.69) is 41.5 Å². The lowest BCUT2D eigenvalue weighted by Gasteiger charge is -2.69. The van der Waals surface area contributed by atoms with Crippen molar-refractivity contribution in [3.8, 4) is 0 Å². The third-order valence-corrected chi connectivity index (χ3v) is 19.0. The smallest absolute Gasteiger partial charge is 0.475 e. The Bertz CT molecular complexity index is 1700. The number of halogens is 2. The molecule has 12 bridgehead atoms. The van der Waals surface area contributed by atoms with Crippen molar-refractivity contribution in [1.29, 1.82) is 0 Å². The topological polar surface area (TPSA) is 197 Å². The molecule has 13 fully saturated rings. The Kier molecular flexibility index (Phi) is 10.6. The van der Waals surface area contributed by atoms with Gasteiger partial charge in [0.1, 0.15) is 17.4 Å². The summed E-state index contributed by atoms with van der Waals surface area (Å²) in [5.41, 5.74) is 8.49. The van der Waals surface area contributed by atoms with Gasteiger partial charge in [0.05, 0.1) is 30.6 Å². The molecule has 0 radical (unpaired) electrons. The van der Waals surface area contributed by atoms with Crippen LogP contribution >= 0.6 is 0 Å². The minimum atomic E-state index is -1.54. The fourth-order valence-electron chi connectivity index (χ4n) is 20.6. The molecule has 10 atom stereocenters. The van der Waals surface area contributed by atoms with Crippen LogP contribution in [-0.2, 0) is 19.1 Å². The Morgan fingerprint density at radius 3 is 1.37 bits per heavy atom. The first-order valence-corrected chi connectivity index (χ1v) is 23.8. The minimum absolute atomic E-state index is 0.0555. The van der Waals surface area contributed by atoms with Crippen LogP contribution < -0.4 is 11.5 Å². The molecule has 1 amide bonds. The molecular weight excluding hydrogens is 795 g/mol. The van der Waals surface area contributed by atoms with Crippen LogP contribution in [0.15, 0.2) is 0 Å². The summed E-state index contributed by atoms with van der Waals surface area (Å²) in [6, 6.07) is -1.69. The molecule has 0 spiro atoms. The molecule has 12 aliphatic carbocycles. The van der Waals surface area contributed by atoms with Gasteiger partial charge in [-0.3, -0.25) is 14.4 Å².